The summed E-state index contributed by atoms with van der Waals surface area (Å²) in [5.41, 5.74) is 2.12. The van der Waals surface area contributed by atoms with Gasteiger partial charge in [0.05, 0.1) is 0 Å². The summed E-state index contributed by atoms with van der Waals surface area (Å²) in [5.74, 6) is 1.00. The van der Waals surface area contributed by atoms with Crippen molar-refractivity contribution in [3.63, 3.8) is 0 Å². The first-order chi connectivity index (χ1) is 19.4. The minimum Gasteiger partial charge on any atom is -0.374 e. The van der Waals surface area contributed by atoms with Crippen molar-refractivity contribution < 1.29 is 31.3 Å². The molecule has 0 fully saturated rings. The second-order valence-corrected chi connectivity index (χ2v) is 16.5. The molecule has 0 aromatic carbocycles. The second kappa shape index (κ2) is 23.0. The van der Waals surface area contributed by atoms with E-state index in [1.807, 2.05) is 41.5 Å². The van der Waals surface area contributed by atoms with Gasteiger partial charge in [-0.2, -0.15) is 0 Å². The summed E-state index contributed by atoms with van der Waals surface area (Å²) < 4.78 is 43.6. The van der Waals surface area contributed by atoms with Crippen molar-refractivity contribution in [1.29, 1.82) is 0 Å². The van der Waals surface area contributed by atoms with Crippen molar-refractivity contribution in [3.05, 3.63) is 0 Å². The van der Waals surface area contributed by atoms with E-state index in [9.17, 15) is 0 Å². The largest absolute Gasteiger partial charge is 0.501 e. The fourth-order valence-electron chi connectivity index (χ4n) is 4.89. The molecule has 9 nitrogen and oxygen atoms in total. The molecule has 0 amide bonds. The molecular formula is C30H64N2O7Si2. The highest BCUT2D eigenvalue weighted by molar-refractivity contribution is 6.61. The first-order valence-electron chi connectivity index (χ1n) is 16.0. The fraction of sp³-hybridized carbons (Fsp3) is 0.933. The molecule has 0 saturated heterocycles. The van der Waals surface area contributed by atoms with Gasteiger partial charge in [-0.05, 0) is 92.9 Å². The molecule has 2 atom stereocenters. The quantitative estimate of drug-likeness (QED) is 0.0729. The smallest absolute Gasteiger partial charge is 0.374 e. The molecule has 0 aromatic rings. The summed E-state index contributed by atoms with van der Waals surface area (Å²) in [4.78, 5) is 10.1. The molecule has 0 aliphatic heterocycles. The van der Waals surface area contributed by atoms with E-state index < -0.39 is 30.1 Å². The molecular weight excluding hydrogens is 557 g/mol. The van der Waals surface area contributed by atoms with Crippen molar-refractivity contribution in [2.75, 3.05) is 39.6 Å². The molecule has 0 bridgehead atoms. The lowest BCUT2D eigenvalue weighted by atomic mass is 10.1. The van der Waals surface area contributed by atoms with Crippen LogP contribution in [0.4, 0.5) is 0 Å². The van der Waals surface area contributed by atoms with E-state index in [4.69, 9.17) is 41.3 Å². The van der Waals surface area contributed by atoms with Crippen LogP contribution in [0.25, 0.3) is 0 Å². The third-order valence-corrected chi connectivity index (χ3v) is 12.2. The van der Waals surface area contributed by atoms with Crippen LogP contribution in [0.3, 0.4) is 0 Å². The molecule has 0 aromatic heterocycles. The molecule has 0 saturated carbocycles. The standard InChI is InChI=1S/C30H64N2O7Si2/c1-13-33-40(34-14-2,35-15-3)21-19-29(31-27(11)23-25(7)8)39-30(32-28(12)24-26(9)10)20-22-41(36-16-4,37-17-5)38-18-6/h25-26,29-30H,13-24H2,1-12H3. The minimum atomic E-state index is -2.86. The number of ether oxygens (including phenoxy) is 1. The van der Waals surface area contributed by atoms with Crippen LogP contribution >= 0.6 is 0 Å². The van der Waals surface area contributed by atoms with Gasteiger partial charge in [-0.25, -0.2) is 0 Å². The van der Waals surface area contributed by atoms with Gasteiger partial charge in [-0.15, -0.1) is 0 Å². The fourth-order valence-corrected chi connectivity index (χ4v) is 10.1. The predicted octanol–water partition coefficient (Wildman–Crippen LogP) is 7.55. The highest BCUT2D eigenvalue weighted by Crippen LogP contribution is 2.26. The molecule has 0 heterocycles. The van der Waals surface area contributed by atoms with Gasteiger partial charge < -0.3 is 31.3 Å². The van der Waals surface area contributed by atoms with Crippen molar-refractivity contribution in [1.82, 2.24) is 0 Å². The van der Waals surface area contributed by atoms with E-state index in [2.05, 4.69) is 41.5 Å². The molecule has 0 N–H and O–H groups in total. The van der Waals surface area contributed by atoms with Crippen LogP contribution in [0.1, 0.15) is 109 Å². The number of rotatable bonds is 26. The number of hydrogen-bond acceptors (Lipinski definition) is 9. The van der Waals surface area contributed by atoms with Gasteiger partial charge in [0.2, 0.25) is 0 Å². The summed E-state index contributed by atoms with van der Waals surface area (Å²) in [6.45, 7) is 28.0. The third kappa shape index (κ3) is 18.0. The Morgan fingerprint density at radius 3 is 1.00 bits per heavy atom. The van der Waals surface area contributed by atoms with Crippen LogP contribution in [-0.4, -0.2) is 81.1 Å². The van der Waals surface area contributed by atoms with Gasteiger partial charge in [0.15, 0.2) is 12.5 Å². The average molecular weight is 621 g/mol. The van der Waals surface area contributed by atoms with E-state index in [0.717, 1.165) is 24.3 Å². The molecule has 11 heteroatoms. The van der Waals surface area contributed by atoms with Gasteiger partial charge in [-0.1, -0.05) is 27.7 Å². The van der Waals surface area contributed by atoms with E-state index in [0.29, 0.717) is 76.4 Å². The normalized spacial score (nSPS) is 15.3. The van der Waals surface area contributed by atoms with Crippen molar-refractivity contribution in [2.24, 2.45) is 21.8 Å². The highest BCUT2D eigenvalue weighted by atomic mass is 28.4. The van der Waals surface area contributed by atoms with Crippen LogP contribution in [0.5, 0.6) is 0 Å². The van der Waals surface area contributed by atoms with E-state index in [1.165, 1.54) is 0 Å². The Balaban J connectivity index is 6.31. The van der Waals surface area contributed by atoms with Gasteiger partial charge in [0, 0.05) is 63.2 Å². The minimum absolute atomic E-state index is 0.412. The molecule has 0 spiro atoms. The highest BCUT2D eigenvalue weighted by Gasteiger charge is 2.42. The van der Waals surface area contributed by atoms with Crippen LogP contribution in [0.2, 0.25) is 12.1 Å². The van der Waals surface area contributed by atoms with Crippen LogP contribution in [0, 0.1) is 11.8 Å². The first kappa shape index (κ1) is 40.5. The summed E-state index contributed by atoms with van der Waals surface area (Å²) in [6, 6.07) is 1.23. The number of nitrogens with zero attached hydrogens (tertiary/aromatic N) is 2. The zero-order chi connectivity index (χ0) is 31.3. The number of aliphatic imine (C=N–C) groups is 2. The lowest BCUT2D eigenvalue weighted by molar-refractivity contribution is -0.0143. The predicted molar refractivity (Wildman–Crippen MR) is 174 cm³/mol. The van der Waals surface area contributed by atoms with Gasteiger partial charge in [-0.3, -0.25) is 9.98 Å². The van der Waals surface area contributed by atoms with E-state index >= 15 is 0 Å². The zero-order valence-electron chi connectivity index (χ0n) is 28.5. The van der Waals surface area contributed by atoms with Crippen molar-refractivity contribution >= 4 is 29.0 Å². The molecule has 0 rings (SSSR count). The van der Waals surface area contributed by atoms with Crippen molar-refractivity contribution in [3.8, 4) is 0 Å². The summed E-state index contributed by atoms with van der Waals surface area (Å²) >= 11 is 0. The molecule has 41 heavy (non-hydrogen) atoms. The first-order valence-corrected chi connectivity index (χ1v) is 19.9. The van der Waals surface area contributed by atoms with Gasteiger partial charge >= 0.3 is 17.6 Å². The van der Waals surface area contributed by atoms with E-state index in [-0.39, 0.29) is 0 Å². The Kier molecular flexibility index (Phi) is 22.7. The molecule has 0 radical (unpaired) electrons. The zero-order valence-corrected chi connectivity index (χ0v) is 30.5. The van der Waals surface area contributed by atoms with Crippen LogP contribution in [-0.2, 0) is 31.3 Å². The summed E-state index contributed by atoms with van der Waals surface area (Å²) in [6.07, 6.45) is 2.21. The Morgan fingerprint density at radius 1 is 0.512 bits per heavy atom. The Hall–Kier alpha value is -0.506. The molecule has 0 aliphatic carbocycles. The van der Waals surface area contributed by atoms with Crippen molar-refractivity contribution in [2.45, 2.75) is 133 Å². The van der Waals surface area contributed by atoms with E-state index in [1.54, 1.807) is 0 Å². The summed E-state index contributed by atoms with van der Waals surface area (Å²) in [7, 11) is -5.73. The molecule has 0 aliphatic rings. The average Bonchev–Trinajstić information content (AvgIpc) is 2.86. The van der Waals surface area contributed by atoms with Crippen LogP contribution < -0.4 is 0 Å². The van der Waals surface area contributed by atoms with Gasteiger partial charge in [0.1, 0.15) is 0 Å². The lowest BCUT2D eigenvalue weighted by Gasteiger charge is -2.31. The maximum Gasteiger partial charge on any atom is 0.501 e. The van der Waals surface area contributed by atoms with Crippen LogP contribution in [0.15, 0.2) is 9.98 Å². The Morgan fingerprint density at radius 2 is 0.780 bits per heavy atom. The lowest BCUT2D eigenvalue weighted by Crippen LogP contribution is -2.47. The topological polar surface area (TPSA) is 89.3 Å². The number of hydrogen-bond donors (Lipinski definition) is 0. The summed E-state index contributed by atoms with van der Waals surface area (Å²) in [5, 5.41) is 0. The molecule has 2 unspecified atom stereocenters. The Bertz CT molecular complexity index is 631. The third-order valence-electron chi connectivity index (χ3n) is 6.03. The maximum atomic E-state index is 6.75. The second-order valence-electron chi connectivity index (χ2n) is 11.0. The van der Waals surface area contributed by atoms with Gasteiger partial charge in [0.25, 0.3) is 0 Å². The monoisotopic (exact) mass is 620 g/mol. The molecule has 244 valence electrons. The SMILES string of the molecule is CCO[Si](CCC(N=C(C)CC(C)C)OC(CC[Si](OCC)(OCC)OCC)N=C(C)CC(C)C)(OCC)OCC. The Labute approximate surface area is 254 Å². The maximum absolute atomic E-state index is 6.75.